The number of nitrogens with one attached hydrogen (secondary N) is 1. The average Bonchev–Trinajstić information content (AvgIpc) is 2.86. The van der Waals surface area contributed by atoms with E-state index in [1.807, 2.05) is 13.1 Å². The minimum Gasteiger partial charge on any atom is -0.472 e. The van der Waals surface area contributed by atoms with E-state index in [0.717, 1.165) is 22.8 Å². The molecule has 5 heteroatoms. The van der Waals surface area contributed by atoms with Gasteiger partial charge in [-0.25, -0.2) is 0 Å². The Kier molecular flexibility index (Phi) is 3.08. The zero-order valence-corrected chi connectivity index (χ0v) is 10.4. The molecular weight excluding hydrogens is 216 g/mol. The van der Waals surface area contributed by atoms with Gasteiger partial charge in [0.2, 0.25) is 0 Å². The molecule has 5 nitrogen and oxygen atoms in total. The molecule has 0 amide bonds. The third-order valence-corrected chi connectivity index (χ3v) is 2.70. The Morgan fingerprint density at radius 3 is 2.82 bits per heavy atom. The van der Waals surface area contributed by atoms with E-state index in [1.54, 1.807) is 17.2 Å². The molecule has 0 aliphatic heterocycles. The standard InChI is InChI=1S/C12H18N4O/c1-8(2)11-10(13)12(16(3)15-11)14-6-9-4-5-17-7-9/h4-5,7-8,14H,6,13H2,1-3H3. The molecule has 0 spiro atoms. The molecule has 0 atom stereocenters. The van der Waals surface area contributed by atoms with Gasteiger partial charge in [-0.15, -0.1) is 0 Å². The molecule has 0 unspecified atom stereocenters. The molecule has 0 aliphatic carbocycles. The summed E-state index contributed by atoms with van der Waals surface area (Å²) in [5.74, 6) is 1.18. The van der Waals surface area contributed by atoms with Crippen LogP contribution in [-0.2, 0) is 13.6 Å². The molecule has 2 rings (SSSR count). The highest BCUT2D eigenvalue weighted by atomic mass is 16.3. The highest BCUT2D eigenvalue weighted by Gasteiger charge is 2.15. The molecule has 0 bridgehead atoms. The summed E-state index contributed by atoms with van der Waals surface area (Å²) in [6.07, 6.45) is 3.37. The van der Waals surface area contributed by atoms with Crippen LogP contribution in [-0.4, -0.2) is 9.78 Å². The van der Waals surface area contributed by atoms with Crippen LogP contribution in [0, 0.1) is 0 Å². The van der Waals surface area contributed by atoms with Crippen molar-refractivity contribution in [3.63, 3.8) is 0 Å². The fourth-order valence-electron chi connectivity index (χ4n) is 1.78. The summed E-state index contributed by atoms with van der Waals surface area (Å²) in [6, 6.07) is 1.92. The minimum absolute atomic E-state index is 0.325. The fraction of sp³-hybridized carbons (Fsp3) is 0.417. The van der Waals surface area contributed by atoms with Crippen LogP contribution >= 0.6 is 0 Å². The highest BCUT2D eigenvalue weighted by molar-refractivity contribution is 5.65. The van der Waals surface area contributed by atoms with Crippen LogP contribution in [0.15, 0.2) is 23.0 Å². The zero-order chi connectivity index (χ0) is 12.4. The summed E-state index contributed by atoms with van der Waals surface area (Å²) >= 11 is 0. The van der Waals surface area contributed by atoms with Gasteiger partial charge in [0.25, 0.3) is 0 Å². The lowest BCUT2D eigenvalue weighted by molar-refractivity contribution is 0.564. The maximum absolute atomic E-state index is 6.08. The Balaban J connectivity index is 2.15. The Bertz CT molecular complexity index is 485. The van der Waals surface area contributed by atoms with Gasteiger partial charge in [0.15, 0.2) is 0 Å². The lowest BCUT2D eigenvalue weighted by atomic mass is 10.1. The quantitative estimate of drug-likeness (QED) is 0.851. The van der Waals surface area contributed by atoms with E-state index in [4.69, 9.17) is 10.2 Å². The normalized spacial score (nSPS) is 11.1. The van der Waals surface area contributed by atoms with Crippen LogP contribution in [0.2, 0.25) is 0 Å². The molecule has 0 aliphatic rings. The average molecular weight is 234 g/mol. The molecule has 2 aromatic rings. The number of nitrogens with zero attached hydrogens (tertiary/aromatic N) is 2. The summed E-state index contributed by atoms with van der Waals surface area (Å²) in [5, 5.41) is 7.69. The summed E-state index contributed by atoms with van der Waals surface area (Å²) in [7, 11) is 1.89. The SMILES string of the molecule is CC(C)c1nn(C)c(NCc2ccoc2)c1N. The summed E-state index contributed by atoms with van der Waals surface area (Å²) < 4.78 is 6.80. The van der Waals surface area contributed by atoms with Crippen LogP contribution in [0.5, 0.6) is 0 Å². The molecule has 0 saturated carbocycles. The first-order valence-electron chi connectivity index (χ1n) is 5.67. The Morgan fingerprint density at radius 2 is 2.29 bits per heavy atom. The second-order valence-corrected chi connectivity index (χ2v) is 4.41. The van der Waals surface area contributed by atoms with Crippen molar-refractivity contribution in [2.24, 2.45) is 7.05 Å². The number of furan rings is 1. The Hall–Kier alpha value is -1.91. The summed E-state index contributed by atoms with van der Waals surface area (Å²) in [5.41, 5.74) is 8.82. The van der Waals surface area contributed by atoms with Crippen LogP contribution < -0.4 is 11.1 Å². The number of hydrogen-bond acceptors (Lipinski definition) is 4. The van der Waals surface area contributed by atoms with Crippen molar-refractivity contribution < 1.29 is 4.42 Å². The first-order chi connectivity index (χ1) is 8.09. The number of nitrogens with two attached hydrogens (primary N) is 1. The molecule has 17 heavy (non-hydrogen) atoms. The second kappa shape index (κ2) is 4.53. The van der Waals surface area contributed by atoms with Crippen LogP contribution in [0.4, 0.5) is 11.5 Å². The summed E-state index contributed by atoms with van der Waals surface area (Å²) in [4.78, 5) is 0. The Labute approximate surface area is 101 Å². The predicted octanol–water partition coefficient (Wildman–Crippen LogP) is 2.33. The number of aromatic nitrogens is 2. The third kappa shape index (κ3) is 2.27. The maximum Gasteiger partial charge on any atom is 0.148 e. The van der Waals surface area contributed by atoms with Crippen molar-refractivity contribution in [2.45, 2.75) is 26.3 Å². The first kappa shape index (κ1) is 11.6. The molecule has 3 N–H and O–H groups in total. The second-order valence-electron chi connectivity index (χ2n) is 4.41. The lowest BCUT2D eigenvalue weighted by Crippen LogP contribution is -2.05. The van der Waals surface area contributed by atoms with E-state index < -0.39 is 0 Å². The van der Waals surface area contributed by atoms with Crippen LogP contribution in [0.25, 0.3) is 0 Å². The molecule has 2 heterocycles. The van der Waals surface area contributed by atoms with E-state index in [9.17, 15) is 0 Å². The summed E-state index contributed by atoms with van der Waals surface area (Å²) in [6.45, 7) is 4.84. The van der Waals surface area contributed by atoms with Crippen molar-refractivity contribution >= 4 is 11.5 Å². The van der Waals surface area contributed by atoms with Crippen molar-refractivity contribution in [1.82, 2.24) is 9.78 Å². The minimum atomic E-state index is 0.325. The van der Waals surface area contributed by atoms with Gasteiger partial charge < -0.3 is 15.5 Å². The number of aryl methyl sites for hydroxylation is 1. The molecule has 92 valence electrons. The number of hydrogen-bond donors (Lipinski definition) is 2. The number of anilines is 2. The molecular formula is C12H18N4O. The highest BCUT2D eigenvalue weighted by Crippen LogP contribution is 2.27. The fourth-order valence-corrected chi connectivity index (χ4v) is 1.78. The number of rotatable bonds is 4. The molecule has 0 fully saturated rings. The van der Waals surface area contributed by atoms with Gasteiger partial charge in [-0.1, -0.05) is 13.8 Å². The van der Waals surface area contributed by atoms with Crippen molar-refractivity contribution in [1.29, 1.82) is 0 Å². The lowest BCUT2D eigenvalue weighted by Gasteiger charge is -2.06. The zero-order valence-electron chi connectivity index (χ0n) is 10.4. The van der Waals surface area contributed by atoms with Gasteiger partial charge in [0, 0.05) is 19.2 Å². The van der Waals surface area contributed by atoms with Crippen LogP contribution in [0.3, 0.4) is 0 Å². The first-order valence-corrected chi connectivity index (χ1v) is 5.67. The topological polar surface area (TPSA) is 69.0 Å². The molecule has 0 radical (unpaired) electrons. The van der Waals surface area contributed by atoms with Gasteiger partial charge in [0.05, 0.1) is 23.9 Å². The molecule has 2 aromatic heterocycles. The smallest absolute Gasteiger partial charge is 0.148 e. The Morgan fingerprint density at radius 1 is 1.53 bits per heavy atom. The van der Waals surface area contributed by atoms with E-state index in [1.165, 1.54) is 0 Å². The van der Waals surface area contributed by atoms with Gasteiger partial charge in [-0.3, -0.25) is 4.68 Å². The van der Waals surface area contributed by atoms with Gasteiger partial charge in [-0.2, -0.15) is 5.10 Å². The maximum atomic E-state index is 6.08. The van der Waals surface area contributed by atoms with Gasteiger partial charge >= 0.3 is 0 Å². The molecule has 0 saturated heterocycles. The monoisotopic (exact) mass is 234 g/mol. The van der Waals surface area contributed by atoms with Crippen molar-refractivity contribution in [3.8, 4) is 0 Å². The largest absolute Gasteiger partial charge is 0.472 e. The van der Waals surface area contributed by atoms with Crippen molar-refractivity contribution in [3.05, 3.63) is 29.9 Å². The third-order valence-electron chi connectivity index (χ3n) is 2.70. The van der Waals surface area contributed by atoms with Crippen molar-refractivity contribution in [2.75, 3.05) is 11.1 Å². The van der Waals surface area contributed by atoms with E-state index in [0.29, 0.717) is 12.5 Å². The van der Waals surface area contributed by atoms with E-state index >= 15 is 0 Å². The van der Waals surface area contributed by atoms with Gasteiger partial charge in [0.1, 0.15) is 5.82 Å². The van der Waals surface area contributed by atoms with Crippen LogP contribution in [0.1, 0.15) is 31.0 Å². The van der Waals surface area contributed by atoms with Gasteiger partial charge in [-0.05, 0) is 12.0 Å². The van der Waals surface area contributed by atoms with E-state index in [2.05, 4.69) is 24.3 Å². The molecule has 0 aromatic carbocycles. The number of nitrogen functional groups attached to an aromatic ring is 1. The predicted molar refractivity (Wildman–Crippen MR) is 67.7 cm³/mol. The van der Waals surface area contributed by atoms with E-state index in [-0.39, 0.29) is 0 Å².